The third kappa shape index (κ3) is 7.53. The predicted octanol–water partition coefficient (Wildman–Crippen LogP) is 0.668. The van der Waals surface area contributed by atoms with Gasteiger partial charge in [-0.1, -0.05) is 5.16 Å². The van der Waals surface area contributed by atoms with E-state index in [1.165, 1.54) is 5.38 Å². The summed E-state index contributed by atoms with van der Waals surface area (Å²) in [6.45, 7) is 3.19. The lowest BCUT2D eigenvalue weighted by Gasteiger charge is -2.50. The second-order valence-electron chi connectivity index (χ2n) is 7.58. The van der Waals surface area contributed by atoms with E-state index in [0.29, 0.717) is 11.3 Å². The summed E-state index contributed by atoms with van der Waals surface area (Å²) in [5.74, 6) is -0.741. The summed E-state index contributed by atoms with van der Waals surface area (Å²) in [5, 5.41) is 23.5. The van der Waals surface area contributed by atoms with Crippen molar-refractivity contribution in [3.05, 3.63) is 40.9 Å². The number of hydrogen-bond acceptors (Lipinski definition) is 13. The topological polar surface area (TPSA) is 236 Å². The first-order valence-corrected chi connectivity index (χ1v) is 11.8. The SMILES string of the molecule is CC1(C)[C@H](NC(=O)/C(=N\OCCOc2ccc(C(=N)N)cc2)c2csc(N)n2)C(=O)N1OSO.O=CO. The van der Waals surface area contributed by atoms with Gasteiger partial charge < -0.3 is 36.0 Å². The van der Waals surface area contributed by atoms with Crippen LogP contribution in [0.4, 0.5) is 5.13 Å². The lowest BCUT2D eigenvalue weighted by atomic mass is 9.84. The van der Waals surface area contributed by atoms with E-state index < -0.39 is 23.4 Å². The van der Waals surface area contributed by atoms with Crippen LogP contribution in [0.15, 0.2) is 34.8 Å². The number of amidine groups is 1. The first kappa shape index (κ1) is 29.3. The number of thiazole rings is 1. The standard InChI is InChI=1S/C19H23N7O6S2.CH2O2/c1-19(2)14(17(28)26(19)32-34-29)24-16(27)13(12-9-33-18(22)23-12)25-31-8-7-30-11-5-3-10(4-6-11)15(20)21;2-1-3/h3-6,9,14,29H,7-8H2,1-2H3,(H3,20,21)(H2,22,23)(H,24,27);1H,(H,2,3)/b25-13-;/t14-;/m1./s1. The summed E-state index contributed by atoms with van der Waals surface area (Å²) in [7, 11) is 0. The van der Waals surface area contributed by atoms with Crippen molar-refractivity contribution in [2.75, 3.05) is 18.9 Å². The van der Waals surface area contributed by atoms with E-state index in [0.717, 1.165) is 16.4 Å². The molecule has 2 aromatic rings. The molecule has 0 radical (unpaired) electrons. The molecule has 37 heavy (non-hydrogen) atoms. The molecular formula is C20H25N7O8S2. The van der Waals surface area contributed by atoms with E-state index in [4.69, 9.17) is 45.2 Å². The van der Waals surface area contributed by atoms with Gasteiger partial charge in [0.2, 0.25) is 0 Å². The maximum absolute atomic E-state index is 12.9. The van der Waals surface area contributed by atoms with Crippen molar-refractivity contribution in [1.29, 1.82) is 5.41 Å². The van der Waals surface area contributed by atoms with Gasteiger partial charge in [0, 0.05) is 10.9 Å². The van der Waals surface area contributed by atoms with Crippen LogP contribution in [0.3, 0.4) is 0 Å². The van der Waals surface area contributed by atoms with Crippen LogP contribution in [-0.2, 0) is 23.5 Å². The number of anilines is 1. The van der Waals surface area contributed by atoms with E-state index in [2.05, 4.69) is 15.5 Å². The molecule has 2 amide bonds. The maximum Gasteiger partial charge on any atom is 0.290 e. The van der Waals surface area contributed by atoms with Gasteiger partial charge in [0.05, 0.1) is 5.54 Å². The lowest BCUT2D eigenvalue weighted by molar-refractivity contribution is -0.214. The van der Waals surface area contributed by atoms with Gasteiger partial charge >= 0.3 is 0 Å². The number of rotatable bonds is 11. The van der Waals surface area contributed by atoms with Crippen LogP contribution in [0.1, 0.15) is 25.1 Å². The van der Waals surface area contributed by atoms with Crippen molar-refractivity contribution in [2.24, 2.45) is 10.9 Å². The molecule has 1 aromatic heterocycles. The molecule has 0 saturated carbocycles. The number of nitrogens with two attached hydrogens (primary N) is 2. The van der Waals surface area contributed by atoms with E-state index in [1.54, 1.807) is 38.1 Å². The Hall–Kier alpha value is -3.93. The third-order valence-electron chi connectivity index (χ3n) is 4.80. The molecule has 1 atom stereocenters. The summed E-state index contributed by atoms with van der Waals surface area (Å²) in [6.07, 6.45) is 0. The van der Waals surface area contributed by atoms with Gasteiger partial charge in [0.15, 0.2) is 29.8 Å². The first-order chi connectivity index (χ1) is 17.6. The van der Waals surface area contributed by atoms with Gasteiger partial charge in [-0.25, -0.2) is 4.98 Å². The number of amides is 2. The van der Waals surface area contributed by atoms with Gasteiger partial charge in [-0.3, -0.25) is 19.8 Å². The Morgan fingerprint density at radius 1 is 1.38 bits per heavy atom. The summed E-state index contributed by atoms with van der Waals surface area (Å²) in [4.78, 5) is 42.9. The molecule has 17 heteroatoms. The van der Waals surface area contributed by atoms with Crippen LogP contribution < -0.4 is 21.5 Å². The van der Waals surface area contributed by atoms with E-state index in [1.807, 2.05) is 0 Å². The first-order valence-electron chi connectivity index (χ1n) is 10.3. The van der Waals surface area contributed by atoms with Crippen LogP contribution in [-0.4, -0.2) is 74.3 Å². The van der Waals surface area contributed by atoms with E-state index in [-0.39, 0.29) is 54.4 Å². The zero-order chi connectivity index (χ0) is 27.6. The summed E-state index contributed by atoms with van der Waals surface area (Å²) < 4.78 is 19.2. The monoisotopic (exact) mass is 555 g/mol. The molecule has 0 bridgehead atoms. The molecule has 1 aliphatic rings. The normalized spacial score (nSPS) is 16.1. The van der Waals surface area contributed by atoms with Crippen molar-refractivity contribution in [1.82, 2.24) is 15.4 Å². The zero-order valence-corrected chi connectivity index (χ0v) is 21.2. The average molecular weight is 556 g/mol. The van der Waals surface area contributed by atoms with Crippen LogP contribution in [0.25, 0.3) is 0 Å². The van der Waals surface area contributed by atoms with Crippen LogP contribution in [0.2, 0.25) is 0 Å². The predicted molar refractivity (Wildman–Crippen MR) is 135 cm³/mol. The van der Waals surface area contributed by atoms with E-state index in [9.17, 15) is 9.59 Å². The van der Waals surface area contributed by atoms with Crippen LogP contribution in [0.5, 0.6) is 5.75 Å². The van der Waals surface area contributed by atoms with Gasteiger partial charge in [-0.2, -0.15) is 9.35 Å². The fourth-order valence-corrected chi connectivity index (χ4v) is 3.88. The molecule has 0 aliphatic carbocycles. The van der Waals surface area contributed by atoms with Crippen molar-refractivity contribution in [3.8, 4) is 5.75 Å². The Balaban J connectivity index is 0.00000153. The number of oxime groups is 1. The van der Waals surface area contributed by atoms with Crippen molar-refractivity contribution in [2.45, 2.75) is 25.4 Å². The smallest absolute Gasteiger partial charge is 0.290 e. The molecule has 3 rings (SSSR count). The number of nitrogens with zero attached hydrogens (tertiary/aromatic N) is 3. The number of benzene rings is 1. The third-order valence-corrected chi connectivity index (χ3v) is 5.69. The van der Waals surface area contributed by atoms with Gasteiger partial charge in [-0.05, 0) is 38.1 Å². The molecule has 8 N–H and O–H groups in total. The van der Waals surface area contributed by atoms with Crippen molar-refractivity contribution < 1.29 is 37.9 Å². The van der Waals surface area contributed by atoms with Gasteiger partial charge in [-0.15, -0.1) is 11.3 Å². The average Bonchev–Trinajstić information content (AvgIpc) is 3.29. The molecule has 15 nitrogen and oxygen atoms in total. The zero-order valence-electron chi connectivity index (χ0n) is 19.6. The summed E-state index contributed by atoms with van der Waals surface area (Å²) >= 11 is 1.15. The Labute approximate surface area is 219 Å². The molecule has 0 spiro atoms. The van der Waals surface area contributed by atoms with Gasteiger partial charge in [0.25, 0.3) is 18.3 Å². The molecule has 1 aliphatic heterocycles. The van der Waals surface area contributed by atoms with Gasteiger partial charge in [0.1, 0.15) is 29.9 Å². The Kier molecular flexibility index (Phi) is 10.6. The molecule has 1 fully saturated rings. The molecule has 200 valence electrons. The van der Waals surface area contributed by atoms with Crippen LogP contribution >= 0.6 is 23.7 Å². The molecule has 1 saturated heterocycles. The molecule has 1 aromatic carbocycles. The number of aromatic nitrogens is 1. The number of hydroxylamine groups is 2. The summed E-state index contributed by atoms with van der Waals surface area (Å²) in [6, 6.07) is 5.71. The maximum atomic E-state index is 12.9. The fraction of sp³-hybridized carbons (Fsp3) is 0.300. The summed E-state index contributed by atoms with van der Waals surface area (Å²) in [5.41, 5.74) is 10.8. The number of carbonyl (C=O) groups is 3. The second kappa shape index (κ2) is 13.4. The highest BCUT2D eigenvalue weighted by Crippen LogP contribution is 2.33. The number of carbonyl (C=O) groups excluding carboxylic acids is 2. The minimum atomic E-state index is -0.922. The second-order valence-corrected chi connectivity index (χ2v) is 8.77. The Morgan fingerprint density at radius 2 is 2.03 bits per heavy atom. The van der Waals surface area contributed by atoms with Crippen molar-refractivity contribution >= 4 is 58.6 Å². The van der Waals surface area contributed by atoms with Crippen LogP contribution in [0, 0.1) is 5.41 Å². The number of β-lactam (4-membered cyclic amide) rings is 1. The quantitative estimate of drug-likeness (QED) is 0.0427. The molecular weight excluding hydrogens is 530 g/mol. The highest BCUT2D eigenvalue weighted by atomic mass is 32.2. The number of carboxylic acid groups (broad SMARTS) is 1. The largest absolute Gasteiger partial charge is 0.490 e. The van der Waals surface area contributed by atoms with Crippen molar-refractivity contribution in [3.63, 3.8) is 0 Å². The fourth-order valence-electron chi connectivity index (χ4n) is 3.00. The number of hydrogen-bond donors (Lipinski definition) is 6. The number of nitrogen functional groups attached to an aromatic ring is 2. The minimum absolute atomic E-state index is 0.00799. The Morgan fingerprint density at radius 3 is 2.54 bits per heavy atom. The van der Waals surface area contributed by atoms with E-state index >= 15 is 0 Å². The number of ether oxygens (including phenoxy) is 1. The minimum Gasteiger partial charge on any atom is -0.490 e. The highest BCUT2D eigenvalue weighted by Gasteiger charge is 2.57. The molecule has 2 heterocycles. The highest BCUT2D eigenvalue weighted by molar-refractivity contribution is 7.88. The number of nitrogens with one attached hydrogen (secondary N) is 2. The molecule has 0 unspecified atom stereocenters. The lowest BCUT2D eigenvalue weighted by Crippen LogP contribution is -2.76. The Bertz CT molecular complexity index is 1140.